The Kier molecular flexibility index (Phi) is 6.10. The molecule has 3 heterocycles. The predicted molar refractivity (Wildman–Crippen MR) is 112 cm³/mol. The van der Waals surface area contributed by atoms with Crippen molar-refractivity contribution in [2.75, 3.05) is 50.8 Å². The Balaban J connectivity index is 1.53. The van der Waals surface area contributed by atoms with Crippen LogP contribution in [-0.2, 0) is 11.8 Å². The normalized spacial score (nSPS) is 20.3. The number of nitro groups is 1. The van der Waals surface area contributed by atoms with E-state index in [9.17, 15) is 14.9 Å². The van der Waals surface area contributed by atoms with Crippen LogP contribution in [0.25, 0.3) is 0 Å². The number of ether oxygens (including phenoxy) is 1. The van der Waals surface area contributed by atoms with Crippen LogP contribution in [0.1, 0.15) is 29.0 Å². The molecule has 0 saturated carbocycles. The summed E-state index contributed by atoms with van der Waals surface area (Å²) in [4.78, 5) is 32.7. The third-order valence-electron chi connectivity index (χ3n) is 5.94. The molecule has 2 fully saturated rings. The number of rotatable bonds is 6. The van der Waals surface area contributed by atoms with Crippen LogP contribution in [0.15, 0.2) is 30.6 Å². The van der Waals surface area contributed by atoms with Crippen molar-refractivity contribution in [3.63, 3.8) is 0 Å². The van der Waals surface area contributed by atoms with Gasteiger partial charge >= 0.3 is 0 Å². The minimum Gasteiger partial charge on any atom is -0.379 e. The van der Waals surface area contributed by atoms with Crippen molar-refractivity contribution in [1.82, 2.24) is 14.5 Å². The van der Waals surface area contributed by atoms with Crippen LogP contribution < -0.4 is 4.90 Å². The van der Waals surface area contributed by atoms with Gasteiger partial charge in [-0.25, -0.2) is 4.98 Å². The summed E-state index contributed by atoms with van der Waals surface area (Å²) in [5.41, 5.74) is 0.840. The van der Waals surface area contributed by atoms with E-state index in [2.05, 4.69) is 14.8 Å². The Labute approximate surface area is 175 Å². The molecule has 0 spiro atoms. The summed E-state index contributed by atoms with van der Waals surface area (Å²) in [6, 6.07) is 4.77. The number of morpholine rings is 1. The first-order chi connectivity index (χ1) is 14.5. The topological polar surface area (TPSA) is 93.7 Å². The molecule has 9 nitrogen and oxygen atoms in total. The quantitative estimate of drug-likeness (QED) is 0.407. The molecule has 1 atom stereocenters. The van der Waals surface area contributed by atoms with E-state index >= 15 is 0 Å². The molecular formula is C21H27N5O4. The summed E-state index contributed by atoms with van der Waals surface area (Å²) in [6.07, 6.45) is 5.34. The first-order valence-electron chi connectivity index (χ1n) is 10.4. The van der Waals surface area contributed by atoms with E-state index in [1.807, 2.05) is 0 Å². The molecule has 160 valence electrons. The number of carbonyl (C=O) groups is 1. The monoisotopic (exact) mass is 413 g/mol. The second-order valence-electron chi connectivity index (χ2n) is 8.02. The van der Waals surface area contributed by atoms with Crippen LogP contribution in [0.4, 0.5) is 11.4 Å². The van der Waals surface area contributed by atoms with Crippen LogP contribution >= 0.6 is 0 Å². The van der Waals surface area contributed by atoms with Crippen LogP contribution in [0.2, 0.25) is 0 Å². The fourth-order valence-corrected chi connectivity index (χ4v) is 4.37. The van der Waals surface area contributed by atoms with Gasteiger partial charge in [-0.2, -0.15) is 0 Å². The van der Waals surface area contributed by atoms with Crippen LogP contribution in [0.3, 0.4) is 0 Å². The molecule has 1 aromatic heterocycles. The standard InChI is InChI=1S/C21H27N5O4/c1-23-8-6-22-21(23)20(27)17-4-5-18(19(13-17)26(28)29)25-7-2-3-16(15-25)14-24-9-11-30-12-10-24/h4-6,8,13,16H,2-3,7,9-12,14-15H2,1H3. The van der Waals surface area contributed by atoms with Gasteiger partial charge in [-0.1, -0.05) is 0 Å². The highest BCUT2D eigenvalue weighted by atomic mass is 16.6. The van der Waals surface area contributed by atoms with E-state index < -0.39 is 4.92 Å². The van der Waals surface area contributed by atoms with Gasteiger partial charge in [0.25, 0.3) is 5.69 Å². The third kappa shape index (κ3) is 4.36. The molecule has 0 aliphatic carbocycles. The van der Waals surface area contributed by atoms with Crippen molar-refractivity contribution in [3.8, 4) is 0 Å². The zero-order valence-electron chi connectivity index (χ0n) is 17.2. The lowest BCUT2D eigenvalue weighted by molar-refractivity contribution is -0.384. The molecule has 2 saturated heterocycles. The molecule has 1 unspecified atom stereocenters. The van der Waals surface area contributed by atoms with Gasteiger partial charge in [0.2, 0.25) is 5.78 Å². The van der Waals surface area contributed by atoms with Gasteiger partial charge < -0.3 is 14.2 Å². The van der Waals surface area contributed by atoms with E-state index in [4.69, 9.17) is 4.74 Å². The summed E-state index contributed by atoms with van der Waals surface area (Å²) < 4.78 is 7.04. The Morgan fingerprint density at radius 2 is 2.10 bits per heavy atom. The first kappa shape index (κ1) is 20.5. The number of nitrogens with zero attached hydrogens (tertiary/aromatic N) is 5. The average molecular weight is 413 g/mol. The molecule has 0 amide bonds. The Hall–Kier alpha value is -2.78. The second-order valence-corrected chi connectivity index (χ2v) is 8.02. The third-order valence-corrected chi connectivity index (χ3v) is 5.94. The molecule has 2 aliphatic heterocycles. The number of aryl methyl sites for hydroxylation is 1. The number of hydrogen-bond acceptors (Lipinski definition) is 7. The number of benzene rings is 1. The fourth-order valence-electron chi connectivity index (χ4n) is 4.37. The van der Waals surface area contributed by atoms with Crippen molar-refractivity contribution in [2.24, 2.45) is 13.0 Å². The van der Waals surface area contributed by atoms with E-state index in [-0.39, 0.29) is 22.9 Å². The zero-order chi connectivity index (χ0) is 21.1. The molecule has 30 heavy (non-hydrogen) atoms. The maximum absolute atomic E-state index is 12.7. The molecule has 4 rings (SSSR count). The van der Waals surface area contributed by atoms with Gasteiger partial charge in [-0.3, -0.25) is 19.8 Å². The highest BCUT2D eigenvalue weighted by Crippen LogP contribution is 2.33. The van der Waals surface area contributed by atoms with E-state index in [1.54, 1.807) is 36.1 Å². The molecule has 9 heteroatoms. The molecule has 0 radical (unpaired) electrons. The van der Waals surface area contributed by atoms with E-state index in [1.165, 1.54) is 6.07 Å². The second kappa shape index (κ2) is 8.93. The maximum Gasteiger partial charge on any atom is 0.293 e. The number of anilines is 1. The zero-order valence-corrected chi connectivity index (χ0v) is 17.2. The SMILES string of the molecule is Cn1ccnc1C(=O)c1ccc(N2CCCC(CN3CCOCC3)C2)c([N+](=O)[O-])c1. The van der Waals surface area contributed by atoms with E-state index in [0.717, 1.165) is 58.8 Å². The van der Waals surface area contributed by atoms with Crippen molar-refractivity contribution in [3.05, 3.63) is 52.1 Å². The largest absolute Gasteiger partial charge is 0.379 e. The highest BCUT2D eigenvalue weighted by molar-refractivity contribution is 6.07. The summed E-state index contributed by atoms with van der Waals surface area (Å²) >= 11 is 0. The van der Waals surface area contributed by atoms with Gasteiger partial charge in [-0.05, 0) is 30.9 Å². The van der Waals surface area contributed by atoms with Gasteiger partial charge in [0, 0.05) is 63.8 Å². The summed E-state index contributed by atoms with van der Waals surface area (Å²) in [7, 11) is 1.73. The number of piperidine rings is 1. The number of nitro benzene ring substituents is 1. The lowest BCUT2D eigenvalue weighted by atomic mass is 9.96. The molecule has 0 N–H and O–H groups in total. The van der Waals surface area contributed by atoms with Crippen molar-refractivity contribution >= 4 is 17.2 Å². The lowest BCUT2D eigenvalue weighted by Gasteiger charge is -2.37. The molecule has 1 aromatic carbocycles. The van der Waals surface area contributed by atoms with Crippen LogP contribution in [0.5, 0.6) is 0 Å². The minimum absolute atomic E-state index is 0.0259. The molecule has 2 aliphatic rings. The highest BCUT2D eigenvalue weighted by Gasteiger charge is 2.28. The van der Waals surface area contributed by atoms with Crippen LogP contribution in [0, 0.1) is 16.0 Å². The van der Waals surface area contributed by atoms with Crippen molar-refractivity contribution in [2.45, 2.75) is 12.8 Å². The van der Waals surface area contributed by atoms with Gasteiger partial charge in [0.15, 0.2) is 5.82 Å². The number of imidazole rings is 1. The smallest absolute Gasteiger partial charge is 0.293 e. The number of hydrogen-bond donors (Lipinski definition) is 0. The average Bonchev–Trinajstić information content (AvgIpc) is 3.19. The predicted octanol–water partition coefficient (Wildman–Crippen LogP) is 2.11. The Morgan fingerprint density at radius 1 is 1.30 bits per heavy atom. The molecule has 2 aromatic rings. The van der Waals surface area contributed by atoms with Gasteiger partial charge in [0.1, 0.15) is 5.69 Å². The number of aromatic nitrogens is 2. The first-order valence-corrected chi connectivity index (χ1v) is 10.4. The molecule has 0 bridgehead atoms. The summed E-state index contributed by atoms with van der Waals surface area (Å²) in [6.45, 7) is 5.99. The molecular weight excluding hydrogens is 386 g/mol. The van der Waals surface area contributed by atoms with Gasteiger partial charge in [0.05, 0.1) is 18.1 Å². The Bertz CT molecular complexity index is 922. The summed E-state index contributed by atoms with van der Waals surface area (Å²) in [5.74, 6) is 0.409. The minimum atomic E-state index is -0.393. The number of carbonyl (C=O) groups excluding carboxylic acids is 1. The fraction of sp³-hybridized carbons (Fsp3) is 0.524. The van der Waals surface area contributed by atoms with Crippen molar-refractivity contribution < 1.29 is 14.5 Å². The van der Waals surface area contributed by atoms with Crippen molar-refractivity contribution in [1.29, 1.82) is 0 Å². The Morgan fingerprint density at radius 3 is 2.80 bits per heavy atom. The maximum atomic E-state index is 12.7. The summed E-state index contributed by atoms with van der Waals surface area (Å²) in [5, 5.41) is 11.8. The van der Waals surface area contributed by atoms with Crippen LogP contribution in [-0.4, -0.2) is 71.1 Å². The van der Waals surface area contributed by atoms with E-state index in [0.29, 0.717) is 11.6 Å². The number of ketones is 1. The van der Waals surface area contributed by atoms with Gasteiger partial charge in [-0.15, -0.1) is 0 Å². The lowest BCUT2D eigenvalue weighted by Crippen LogP contribution is -2.44.